The summed E-state index contributed by atoms with van der Waals surface area (Å²) >= 11 is 0. The Morgan fingerprint density at radius 3 is 2.19 bits per heavy atom. The molecule has 112 valence electrons. The fourth-order valence-electron chi connectivity index (χ4n) is 1.71. The summed E-state index contributed by atoms with van der Waals surface area (Å²) in [6, 6.07) is 5.88. The molecule has 5 heteroatoms. The first kappa shape index (κ1) is 16.5. The summed E-state index contributed by atoms with van der Waals surface area (Å²) in [5, 5.41) is 3.07. The Labute approximate surface area is 124 Å². The molecule has 0 radical (unpaired) electrons. The molecular weight excluding hydrogens is 270 g/mol. The van der Waals surface area contributed by atoms with E-state index < -0.39 is 11.9 Å². The summed E-state index contributed by atoms with van der Waals surface area (Å²) in [5.41, 5.74) is 3.22. The molecule has 0 saturated carbocycles. The molecule has 0 aliphatic rings. The Morgan fingerprint density at radius 1 is 1.05 bits per heavy atom. The van der Waals surface area contributed by atoms with Gasteiger partial charge in [0.2, 0.25) is 0 Å². The van der Waals surface area contributed by atoms with Crippen molar-refractivity contribution in [1.29, 1.82) is 0 Å². The minimum absolute atomic E-state index is 0.213. The lowest BCUT2D eigenvalue weighted by Gasteiger charge is -2.10. The van der Waals surface area contributed by atoms with E-state index in [0.717, 1.165) is 22.9 Å². The number of hydrogen-bond donors (Lipinski definition) is 1. The van der Waals surface area contributed by atoms with Gasteiger partial charge in [0, 0.05) is 18.0 Å². The van der Waals surface area contributed by atoms with Crippen molar-refractivity contribution in [3.8, 4) is 0 Å². The van der Waals surface area contributed by atoms with E-state index in [4.69, 9.17) is 0 Å². The number of carbonyl (C=O) groups excluding carboxylic acids is 2. The number of ether oxygens (including phenoxy) is 2. The zero-order valence-electron chi connectivity index (χ0n) is 12.6. The summed E-state index contributed by atoms with van der Waals surface area (Å²) in [5.74, 6) is -1.09. The van der Waals surface area contributed by atoms with Crippen LogP contribution in [0.1, 0.15) is 11.1 Å². The molecule has 0 saturated heterocycles. The van der Waals surface area contributed by atoms with Gasteiger partial charge >= 0.3 is 11.9 Å². The minimum atomic E-state index is -0.547. The Bertz CT molecular complexity index is 568. The van der Waals surface area contributed by atoms with Crippen molar-refractivity contribution in [2.45, 2.75) is 13.8 Å². The Kier molecular flexibility index (Phi) is 6.20. The van der Waals surface area contributed by atoms with Gasteiger partial charge in [0.1, 0.15) is 0 Å². The fraction of sp³-hybridized carbons (Fsp3) is 0.250. The van der Waals surface area contributed by atoms with Crippen molar-refractivity contribution in [1.82, 2.24) is 0 Å². The van der Waals surface area contributed by atoms with Gasteiger partial charge in [-0.3, -0.25) is 0 Å². The second kappa shape index (κ2) is 7.89. The maximum atomic E-state index is 11.7. The molecule has 0 amide bonds. The molecule has 1 rings (SSSR count). The van der Waals surface area contributed by atoms with E-state index in [2.05, 4.69) is 14.8 Å². The van der Waals surface area contributed by atoms with Crippen molar-refractivity contribution in [3.63, 3.8) is 0 Å². The first-order chi connectivity index (χ1) is 9.99. The van der Waals surface area contributed by atoms with Gasteiger partial charge in [-0.2, -0.15) is 0 Å². The number of hydrogen-bond acceptors (Lipinski definition) is 5. The molecule has 0 unspecified atom stereocenters. The predicted octanol–water partition coefficient (Wildman–Crippen LogP) is 2.50. The normalized spacial score (nSPS) is 11.3. The van der Waals surface area contributed by atoms with E-state index in [1.54, 1.807) is 0 Å². The zero-order chi connectivity index (χ0) is 15.8. The fourth-order valence-corrected chi connectivity index (χ4v) is 1.71. The second-order valence-corrected chi connectivity index (χ2v) is 4.36. The lowest BCUT2D eigenvalue weighted by Crippen LogP contribution is -2.06. The van der Waals surface area contributed by atoms with Gasteiger partial charge in [-0.1, -0.05) is 18.2 Å². The highest BCUT2D eigenvalue weighted by molar-refractivity contribution is 5.94. The highest BCUT2D eigenvalue weighted by Crippen LogP contribution is 2.19. The van der Waals surface area contributed by atoms with Gasteiger partial charge < -0.3 is 14.8 Å². The number of benzene rings is 1. The van der Waals surface area contributed by atoms with Crippen LogP contribution in [0, 0.1) is 13.8 Å². The lowest BCUT2D eigenvalue weighted by atomic mass is 10.1. The van der Waals surface area contributed by atoms with Gasteiger partial charge in [0.05, 0.1) is 19.8 Å². The monoisotopic (exact) mass is 289 g/mol. The van der Waals surface area contributed by atoms with Crippen molar-refractivity contribution < 1.29 is 19.1 Å². The average molecular weight is 289 g/mol. The van der Waals surface area contributed by atoms with Crippen LogP contribution >= 0.6 is 0 Å². The van der Waals surface area contributed by atoms with Crippen molar-refractivity contribution >= 4 is 17.6 Å². The van der Waals surface area contributed by atoms with Gasteiger partial charge in [-0.15, -0.1) is 0 Å². The van der Waals surface area contributed by atoms with Crippen LogP contribution in [0.25, 0.3) is 0 Å². The number of carbonyl (C=O) groups is 2. The van der Waals surface area contributed by atoms with Crippen LogP contribution in [0.4, 0.5) is 5.69 Å². The standard InChI is InChI=1S/C16H19NO4/c1-11-6-5-7-12(2)15(11)17-10-13(16(19)21-4)8-9-14(18)20-3/h5-10,17H,1-4H3/b9-8+,13-10-. The first-order valence-electron chi connectivity index (χ1n) is 6.37. The third-order valence-corrected chi connectivity index (χ3v) is 2.87. The van der Waals surface area contributed by atoms with Crippen molar-refractivity contribution in [3.05, 3.63) is 53.3 Å². The molecule has 0 fully saturated rings. The maximum Gasteiger partial charge on any atom is 0.339 e. The smallest absolute Gasteiger partial charge is 0.339 e. The van der Waals surface area contributed by atoms with E-state index >= 15 is 0 Å². The van der Waals surface area contributed by atoms with E-state index in [-0.39, 0.29) is 5.57 Å². The number of anilines is 1. The molecule has 0 spiro atoms. The Balaban J connectivity index is 3.01. The van der Waals surface area contributed by atoms with Gasteiger partial charge in [0.15, 0.2) is 0 Å². The number of aryl methyl sites for hydroxylation is 2. The third kappa shape index (κ3) is 4.80. The molecule has 0 atom stereocenters. The number of nitrogens with one attached hydrogen (secondary N) is 1. The molecule has 0 aliphatic heterocycles. The third-order valence-electron chi connectivity index (χ3n) is 2.87. The average Bonchev–Trinajstić information content (AvgIpc) is 2.48. The first-order valence-corrected chi connectivity index (χ1v) is 6.37. The number of para-hydroxylation sites is 1. The van der Waals surface area contributed by atoms with E-state index in [1.807, 2.05) is 32.0 Å². The van der Waals surface area contributed by atoms with Crippen LogP contribution < -0.4 is 5.32 Å². The molecule has 0 aromatic heterocycles. The minimum Gasteiger partial charge on any atom is -0.466 e. The van der Waals surface area contributed by atoms with Crippen LogP contribution in [0.2, 0.25) is 0 Å². The maximum absolute atomic E-state index is 11.7. The summed E-state index contributed by atoms with van der Waals surface area (Å²) in [4.78, 5) is 22.8. The van der Waals surface area contributed by atoms with Gasteiger partial charge in [-0.05, 0) is 31.1 Å². The SMILES string of the molecule is COC(=O)/C=C/C(=C/Nc1c(C)cccc1C)C(=O)OC. The number of methoxy groups -OCH3 is 2. The van der Waals surface area contributed by atoms with E-state index in [9.17, 15) is 9.59 Å². The van der Waals surface area contributed by atoms with Gasteiger partial charge in [-0.25, -0.2) is 9.59 Å². The number of rotatable bonds is 5. The van der Waals surface area contributed by atoms with E-state index in [0.29, 0.717) is 0 Å². The van der Waals surface area contributed by atoms with Crippen LogP contribution in [0.5, 0.6) is 0 Å². The van der Waals surface area contributed by atoms with Crippen LogP contribution in [-0.2, 0) is 19.1 Å². The summed E-state index contributed by atoms with van der Waals surface area (Å²) in [6.45, 7) is 3.93. The highest BCUT2D eigenvalue weighted by Gasteiger charge is 2.08. The molecule has 21 heavy (non-hydrogen) atoms. The van der Waals surface area contributed by atoms with Crippen molar-refractivity contribution in [2.24, 2.45) is 0 Å². The largest absolute Gasteiger partial charge is 0.466 e. The summed E-state index contributed by atoms with van der Waals surface area (Å²) in [6.07, 6.45) is 4.01. The van der Waals surface area contributed by atoms with Crippen molar-refractivity contribution in [2.75, 3.05) is 19.5 Å². The Morgan fingerprint density at radius 2 is 1.67 bits per heavy atom. The summed E-state index contributed by atoms with van der Waals surface area (Å²) < 4.78 is 9.17. The zero-order valence-corrected chi connectivity index (χ0v) is 12.6. The van der Waals surface area contributed by atoms with Gasteiger partial charge in [0.25, 0.3) is 0 Å². The molecule has 1 N–H and O–H groups in total. The topological polar surface area (TPSA) is 64.6 Å². The quantitative estimate of drug-likeness (QED) is 0.512. The summed E-state index contributed by atoms with van der Waals surface area (Å²) in [7, 11) is 2.55. The Hall–Kier alpha value is -2.56. The lowest BCUT2D eigenvalue weighted by molar-refractivity contribution is -0.135. The molecule has 5 nitrogen and oxygen atoms in total. The molecule has 0 bridgehead atoms. The molecule has 1 aromatic carbocycles. The molecular formula is C16H19NO4. The molecule has 0 aliphatic carbocycles. The predicted molar refractivity (Wildman–Crippen MR) is 80.8 cm³/mol. The van der Waals surface area contributed by atoms with E-state index in [1.165, 1.54) is 26.5 Å². The van der Waals surface area contributed by atoms with Crippen LogP contribution in [0.15, 0.2) is 42.1 Å². The molecule has 1 aromatic rings. The number of esters is 2. The highest BCUT2D eigenvalue weighted by atomic mass is 16.5. The second-order valence-electron chi connectivity index (χ2n) is 4.36. The molecule has 0 heterocycles. The van der Waals surface area contributed by atoms with Crippen LogP contribution in [0.3, 0.4) is 0 Å². The van der Waals surface area contributed by atoms with Crippen LogP contribution in [-0.4, -0.2) is 26.2 Å².